The second-order valence-corrected chi connectivity index (χ2v) is 5.29. The number of carboxylic acids is 1. The zero-order valence-corrected chi connectivity index (χ0v) is 10.6. The van der Waals surface area contributed by atoms with E-state index in [0.29, 0.717) is 25.9 Å². The van der Waals surface area contributed by atoms with Crippen LogP contribution in [-0.2, 0) is 14.3 Å². The number of ether oxygens (including phenoxy) is 1. The molecule has 2 rings (SSSR count). The number of rotatable bonds is 3. The fraction of sp³-hybridized carbons (Fsp3) is 0.846. The number of nitrogens with one attached hydrogen (secondary N) is 1. The minimum absolute atomic E-state index is 0.251. The number of aliphatic carboxylic acids is 1. The molecule has 1 saturated heterocycles. The largest absolute Gasteiger partial charge is 0.480 e. The molecule has 0 aromatic carbocycles. The summed E-state index contributed by atoms with van der Waals surface area (Å²) in [6.45, 7) is 0.595. The van der Waals surface area contributed by atoms with E-state index in [1.165, 1.54) is 0 Å². The van der Waals surface area contributed by atoms with Gasteiger partial charge in [0.1, 0.15) is 11.6 Å². The van der Waals surface area contributed by atoms with Gasteiger partial charge in [0.2, 0.25) is 5.91 Å². The van der Waals surface area contributed by atoms with Crippen molar-refractivity contribution >= 4 is 11.9 Å². The maximum atomic E-state index is 12.1. The van der Waals surface area contributed by atoms with Gasteiger partial charge in [-0.3, -0.25) is 4.79 Å². The lowest BCUT2D eigenvalue weighted by Crippen LogP contribution is -2.58. The molecule has 0 spiro atoms. The molecule has 0 aromatic heterocycles. The Kier molecular flexibility index (Phi) is 4.22. The van der Waals surface area contributed by atoms with Gasteiger partial charge in [-0.05, 0) is 32.1 Å². The van der Waals surface area contributed by atoms with Gasteiger partial charge in [0, 0.05) is 6.61 Å². The molecule has 2 fully saturated rings. The maximum Gasteiger partial charge on any atom is 0.329 e. The van der Waals surface area contributed by atoms with Crippen molar-refractivity contribution in [3.05, 3.63) is 0 Å². The molecule has 5 heteroatoms. The molecular weight excluding hydrogens is 234 g/mol. The Morgan fingerprint density at radius 1 is 1.11 bits per heavy atom. The number of hydrogen-bond acceptors (Lipinski definition) is 3. The standard InChI is InChI=1S/C13H21NO4/c15-11(10-6-2-5-9-18-10)14-13(12(16)17)7-3-1-4-8-13/h10H,1-9H2,(H,14,15)(H,16,17). The van der Waals surface area contributed by atoms with Crippen molar-refractivity contribution in [1.29, 1.82) is 0 Å². The van der Waals surface area contributed by atoms with Crippen LogP contribution in [0.2, 0.25) is 0 Å². The van der Waals surface area contributed by atoms with Gasteiger partial charge in [-0.15, -0.1) is 0 Å². The van der Waals surface area contributed by atoms with Crippen molar-refractivity contribution in [3.63, 3.8) is 0 Å². The van der Waals surface area contributed by atoms with Gasteiger partial charge >= 0.3 is 5.97 Å². The second-order valence-electron chi connectivity index (χ2n) is 5.29. The van der Waals surface area contributed by atoms with Crippen LogP contribution >= 0.6 is 0 Å². The number of carboxylic acid groups (broad SMARTS) is 1. The average Bonchev–Trinajstić information content (AvgIpc) is 2.40. The molecule has 1 aliphatic heterocycles. The first kappa shape index (κ1) is 13.3. The highest BCUT2D eigenvalue weighted by Gasteiger charge is 2.42. The Morgan fingerprint density at radius 3 is 2.39 bits per heavy atom. The van der Waals surface area contributed by atoms with Crippen LogP contribution in [0.3, 0.4) is 0 Å². The van der Waals surface area contributed by atoms with Crippen LogP contribution in [0.25, 0.3) is 0 Å². The summed E-state index contributed by atoms with van der Waals surface area (Å²) in [7, 11) is 0. The van der Waals surface area contributed by atoms with Gasteiger partial charge in [-0.1, -0.05) is 19.3 Å². The fourth-order valence-electron chi connectivity index (χ4n) is 2.81. The molecule has 0 radical (unpaired) electrons. The Hall–Kier alpha value is -1.10. The van der Waals surface area contributed by atoms with E-state index in [9.17, 15) is 14.7 Å². The van der Waals surface area contributed by atoms with E-state index < -0.39 is 17.6 Å². The van der Waals surface area contributed by atoms with E-state index in [2.05, 4.69) is 5.32 Å². The number of amides is 1. The summed E-state index contributed by atoms with van der Waals surface area (Å²) >= 11 is 0. The summed E-state index contributed by atoms with van der Waals surface area (Å²) in [5.74, 6) is -1.16. The van der Waals surface area contributed by atoms with Crippen molar-refractivity contribution in [2.24, 2.45) is 0 Å². The van der Waals surface area contributed by atoms with Crippen molar-refractivity contribution < 1.29 is 19.4 Å². The summed E-state index contributed by atoms with van der Waals surface area (Å²) in [6, 6.07) is 0. The Morgan fingerprint density at radius 2 is 1.83 bits per heavy atom. The molecule has 1 atom stereocenters. The molecule has 5 nitrogen and oxygen atoms in total. The normalized spacial score (nSPS) is 27.4. The zero-order chi connectivity index (χ0) is 13.0. The lowest BCUT2D eigenvalue weighted by atomic mass is 9.81. The summed E-state index contributed by atoms with van der Waals surface area (Å²) < 4.78 is 5.40. The molecule has 2 N–H and O–H groups in total. The lowest BCUT2D eigenvalue weighted by molar-refractivity contribution is -0.152. The smallest absolute Gasteiger partial charge is 0.329 e. The molecule has 1 amide bonds. The summed E-state index contributed by atoms with van der Waals surface area (Å²) in [4.78, 5) is 23.5. The van der Waals surface area contributed by atoms with Gasteiger partial charge in [0.25, 0.3) is 0 Å². The highest BCUT2D eigenvalue weighted by atomic mass is 16.5. The van der Waals surface area contributed by atoms with Crippen LogP contribution in [0.15, 0.2) is 0 Å². The topological polar surface area (TPSA) is 75.6 Å². The van der Waals surface area contributed by atoms with E-state index in [1.807, 2.05) is 0 Å². The predicted octanol–water partition coefficient (Wildman–Crippen LogP) is 1.46. The van der Waals surface area contributed by atoms with Crippen molar-refractivity contribution in [3.8, 4) is 0 Å². The first-order chi connectivity index (χ1) is 8.64. The molecule has 1 saturated carbocycles. The highest BCUT2D eigenvalue weighted by molar-refractivity contribution is 5.89. The summed E-state index contributed by atoms with van der Waals surface area (Å²) in [5, 5.41) is 12.1. The Bertz CT molecular complexity index is 317. The molecule has 1 unspecified atom stereocenters. The van der Waals surface area contributed by atoms with Gasteiger partial charge in [-0.2, -0.15) is 0 Å². The number of hydrogen-bond donors (Lipinski definition) is 2. The summed E-state index contributed by atoms with van der Waals surface area (Å²) in [5.41, 5.74) is -1.06. The van der Waals surface area contributed by atoms with Crippen LogP contribution in [0.4, 0.5) is 0 Å². The third kappa shape index (κ3) is 2.83. The summed E-state index contributed by atoms with van der Waals surface area (Å²) in [6.07, 6.45) is 6.01. The first-order valence-corrected chi connectivity index (χ1v) is 6.81. The van der Waals surface area contributed by atoms with Gasteiger partial charge in [0.05, 0.1) is 0 Å². The van der Waals surface area contributed by atoms with Crippen LogP contribution in [0, 0.1) is 0 Å². The van der Waals surface area contributed by atoms with Crippen molar-refractivity contribution in [2.45, 2.75) is 63.0 Å². The molecule has 1 aliphatic carbocycles. The molecule has 0 aromatic rings. The molecule has 2 aliphatic rings. The number of carbonyl (C=O) groups excluding carboxylic acids is 1. The third-order valence-corrected chi connectivity index (χ3v) is 3.95. The first-order valence-electron chi connectivity index (χ1n) is 6.81. The third-order valence-electron chi connectivity index (χ3n) is 3.95. The molecule has 0 bridgehead atoms. The molecular formula is C13H21NO4. The predicted molar refractivity (Wildman–Crippen MR) is 65.2 cm³/mol. The maximum absolute atomic E-state index is 12.1. The van der Waals surface area contributed by atoms with Crippen LogP contribution in [-0.4, -0.2) is 35.2 Å². The quantitative estimate of drug-likeness (QED) is 0.800. The van der Waals surface area contributed by atoms with E-state index in [0.717, 1.165) is 32.1 Å². The van der Waals surface area contributed by atoms with Crippen molar-refractivity contribution in [1.82, 2.24) is 5.32 Å². The minimum Gasteiger partial charge on any atom is -0.480 e. The second kappa shape index (κ2) is 5.69. The van der Waals surface area contributed by atoms with Crippen LogP contribution in [0.1, 0.15) is 51.4 Å². The van der Waals surface area contributed by atoms with Gasteiger partial charge in [-0.25, -0.2) is 4.79 Å². The fourth-order valence-corrected chi connectivity index (χ4v) is 2.81. The Balaban J connectivity index is 1.99. The van der Waals surface area contributed by atoms with E-state index in [4.69, 9.17) is 4.74 Å². The lowest BCUT2D eigenvalue weighted by Gasteiger charge is -2.35. The SMILES string of the molecule is O=C(NC1(C(=O)O)CCCCC1)C1CCCCO1. The number of carbonyl (C=O) groups is 2. The monoisotopic (exact) mass is 255 g/mol. The van der Waals surface area contributed by atoms with Gasteiger partial charge < -0.3 is 15.2 Å². The van der Waals surface area contributed by atoms with Gasteiger partial charge in [0.15, 0.2) is 0 Å². The van der Waals surface area contributed by atoms with E-state index >= 15 is 0 Å². The van der Waals surface area contributed by atoms with E-state index in [-0.39, 0.29) is 5.91 Å². The highest BCUT2D eigenvalue weighted by Crippen LogP contribution is 2.29. The molecule has 18 heavy (non-hydrogen) atoms. The minimum atomic E-state index is -1.06. The molecule has 1 heterocycles. The van der Waals surface area contributed by atoms with Crippen LogP contribution in [0.5, 0.6) is 0 Å². The average molecular weight is 255 g/mol. The van der Waals surface area contributed by atoms with E-state index in [1.54, 1.807) is 0 Å². The van der Waals surface area contributed by atoms with Crippen LogP contribution < -0.4 is 5.32 Å². The molecule has 102 valence electrons. The Labute approximate surface area is 107 Å². The zero-order valence-electron chi connectivity index (χ0n) is 10.6. The van der Waals surface area contributed by atoms with Crippen molar-refractivity contribution in [2.75, 3.05) is 6.61 Å².